The number of rotatable bonds is 4. The zero-order chi connectivity index (χ0) is 10.6. The fourth-order valence-electron chi connectivity index (χ4n) is 0.699. The SMILES string of the molecule is O=S(=O)(O)ONNc1cccc(Cl)c1. The van der Waals surface area contributed by atoms with Crippen LogP contribution in [0.2, 0.25) is 5.02 Å². The largest absolute Gasteiger partial charge is 0.415 e. The third kappa shape index (κ3) is 4.40. The number of hydrazine groups is 1. The molecular weight excluding hydrogens is 232 g/mol. The van der Waals surface area contributed by atoms with Gasteiger partial charge in [0.1, 0.15) is 0 Å². The molecule has 0 radical (unpaired) electrons. The van der Waals surface area contributed by atoms with Gasteiger partial charge in [0.05, 0.1) is 5.69 Å². The molecule has 0 fully saturated rings. The van der Waals surface area contributed by atoms with Gasteiger partial charge in [-0.25, -0.2) is 0 Å². The van der Waals surface area contributed by atoms with E-state index in [0.717, 1.165) is 0 Å². The number of hydrogen-bond donors (Lipinski definition) is 3. The molecule has 0 amide bonds. The molecule has 0 atom stereocenters. The second-order valence-electron chi connectivity index (χ2n) is 2.25. The summed E-state index contributed by atoms with van der Waals surface area (Å²) in [6.07, 6.45) is 0. The zero-order valence-electron chi connectivity index (χ0n) is 6.77. The number of anilines is 1. The predicted molar refractivity (Wildman–Crippen MR) is 50.8 cm³/mol. The van der Waals surface area contributed by atoms with Crippen LogP contribution < -0.4 is 11.0 Å². The van der Waals surface area contributed by atoms with Gasteiger partial charge in [-0.2, -0.15) is 8.42 Å². The first-order chi connectivity index (χ1) is 6.47. The van der Waals surface area contributed by atoms with Crippen molar-refractivity contribution in [1.29, 1.82) is 0 Å². The Morgan fingerprint density at radius 2 is 2.14 bits per heavy atom. The molecule has 0 bridgehead atoms. The van der Waals surface area contributed by atoms with Crippen molar-refractivity contribution >= 4 is 27.7 Å². The van der Waals surface area contributed by atoms with Crippen LogP contribution in [0.4, 0.5) is 5.69 Å². The van der Waals surface area contributed by atoms with Gasteiger partial charge in [-0.3, -0.25) is 9.98 Å². The summed E-state index contributed by atoms with van der Waals surface area (Å²) in [7, 11) is -4.51. The van der Waals surface area contributed by atoms with Crippen LogP contribution >= 0.6 is 11.6 Å². The zero-order valence-corrected chi connectivity index (χ0v) is 8.34. The van der Waals surface area contributed by atoms with E-state index in [1.54, 1.807) is 18.2 Å². The lowest BCUT2D eigenvalue weighted by atomic mass is 10.3. The van der Waals surface area contributed by atoms with Gasteiger partial charge in [-0.1, -0.05) is 23.3 Å². The summed E-state index contributed by atoms with van der Waals surface area (Å²) in [6, 6.07) is 6.45. The van der Waals surface area contributed by atoms with Gasteiger partial charge in [0.15, 0.2) is 0 Å². The molecule has 0 saturated carbocycles. The Morgan fingerprint density at radius 3 is 2.71 bits per heavy atom. The summed E-state index contributed by atoms with van der Waals surface area (Å²) in [6.45, 7) is 0. The van der Waals surface area contributed by atoms with E-state index in [2.05, 4.69) is 9.71 Å². The average molecular weight is 239 g/mol. The van der Waals surface area contributed by atoms with Crippen LogP contribution in [0.15, 0.2) is 24.3 Å². The van der Waals surface area contributed by atoms with Crippen molar-refractivity contribution in [3.8, 4) is 0 Å². The average Bonchev–Trinajstić information content (AvgIpc) is 2.01. The van der Waals surface area contributed by atoms with Crippen molar-refractivity contribution in [2.75, 3.05) is 5.43 Å². The molecule has 14 heavy (non-hydrogen) atoms. The normalized spacial score (nSPS) is 11.3. The monoisotopic (exact) mass is 238 g/mol. The Labute approximate surface area is 85.7 Å². The van der Waals surface area contributed by atoms with Crippen molar-refractivity contribution in [3.05, 3.63) is 29.3 Å². The number of nitrogens with one attached hydrogen (secondary N) is 2. The molecule has 0 unspecified atom stereocenters. The van der Waals surface area contributed by atoms with Crippen molar-refractivity contribution < 1.29 is 17.3 Å². The minimum Gasteiger partial charge on any atom is -0.298 e. The van der Waals surface area contributed by atoms with Crippen LogP contribution in [0.25, 0.3) is 0 Å². The highest BCUT2D eigenvalue weighted by molar-refractivity contribution is 7.80. The van der Waals surface area contributed by atoms with Crippen LogP contribution in [0.1, 0.15) is 0 Å². The lowest BCUT2D eigenvalue weighted by Crippen LogP contribution is -2.25. The van der Waals surface area contributed by atoms with Crippen molar-refractivity contribution in [2.45, 2.75) is 0 Å². The summed E-state index contributed by atoms with van der Waals surface area (Å²) in [4.78, 5) is 0. The molecule has 0 saturated heterocycles. The molecule has 1 aromatic carbocycles. The topological polar surface area (TPSA) is 87.7 Å². The van der Waals surface area contributed by atoms with Gasteiger partial charge >= 0.3 is 10.4 Å². The van der Waals surface area contributed by atoms with Crippen LogP contribution in [-0.2, 0) is 14.7 Å². The van der Waals surface area contributed by atoms with E-state index in [1.165, 1.54) is 6.07 Å². The molecule has 6 nitrogen and oxygen atoms in total. The van der Waals surface area contributed by atoms with Gasteiger partial charge in [-0.05, 0) is 18.2 Å². The van der Waals surface area contributed by atoms with Crippen molar-refractivity contribution in [1.82, 2.24) is 5.59 Å². The fourth-order valence-corrected chi connectivity index (χ4v) is 1.04. The Kier molecular flexibility index (Phi) is 3.67. The van der Waals surface area contributed by atoms with Crippen molar-refractivity contribution in [2.24, 2.45) is 0 Å². The maximum Gasteiger partial charge on any atom is 0.415 e. The number of benzene rings is 1. The lowest BCUT2D eigenvalue weighted by Gasteiger charge is -2.05. The minimum atomic E-state index is -4.51. The summed E-state index contributed by atoms with van der Waals surface area (Å²) < 4.78 is 32.2. The molecule has 0 aromatic heterocycles. The molecule has 8 heteroatoms. The van der Waals surface area contributed by atoms with Crippen LogP contribution in [0, 0.1) is 0 Å². The standard InChI is InChI=1S/C6H7ClN2O4S/c7-5-2-1-3-6(4-5)8-9-13-14(10,11)12/h1-4,8-9H,(H,10,11,12). The molecule has 0 heterocycles. The highest BCUT2D eigenvalue weighted by atomic mass is 35.5. The number of halogens is 1. The maximum atomic E-state index is 10.1. The lowest BCUT2D eigenvalue weighted by molar-refractivity contribution is 0.195. The van der Waals surface area contributed by atoms with Gasteiger partial charge < -0.3 is 0 Å². The van der Waals surface area contributed by atoms with Crippen LogP contribution in [0.5, 0.6) is 0 Å². The highest BCUT2D eigenvalue weighted by Crippen LogP contribution is 2.13. The Bertz CT molecular complexity index is 408. The molecule has 78 valence electrons. The fraction of sp³-hybridized carbons (Fsp3) is 0. The van der Waals surface area contributed by atoms with Crippen LogP contribution in [0.3, 0.4) is 0 Å². The maximum absolute atomic E-state index is 10.1. The van der Waals surface area contributed by atoms with E-state index < -0.39 is 10.4 Å². The van der Waals surface area contributed by atoms with Gasteiger partial charge in [-0.15, -0.1) is 4.28 Å². The molecule has 1 aromatic rings. The molecule has 0 spiro atoms. The molecule has 0 aliphatic rings. The smallest absolute Gasteiger partial charge is 0.298 e. The van der Waals surface area contributed by atoms with E-state index >= 15 is 0 Å². The van der Waals surface area contributed by atoms with E-state index in [4.69, 9.17) is 16.2 Å². The second kappa shape index (κ2) is 4.58. The summed E-state index contributed by atoms with van der Waals surface area (Å²) in [5.41, 5.74) is 4.66. The van der Waals surface area contributed by atoms with E-state index in [1.807, 2.05) is 5.59 Å². The summed E-state index contributed by atoms with van der Waals surface area (Å²) in [5, 5.41) is 0.476. The van der Waals surface area contributed by atoms with E-state index in [0.29, 0.717) is 10.7 Å². The third-order valence-electron chi connectivity index (χ3n) is 1.17. The van der Waals surface area contributed by atoms with Gasteiger partial charge in [0.2, 0.25) is 0 Å². The van der Waals surface area contributed by atoms with E-state index in [9.17, 15) is 8.42 Å². The quantitative estimate of drug-likeness (QED) is 0.536. The van der Waals surface area contributed by atoms with Gasteiger partial charge in [0, 0.05) is 5.02 Å². The highest BCUT2D eigenvalue weighted by Gasteiger charge is 2.02. The first kappa shape index (κ1) is 11.2. The molecule has 0 aliphatic carbocycles. The van der Waals surface area contributed by atoms with Gasteiger partial charge in [0.25, 0.3) is 0 Å². The first-order valence-electron chi connectivity index (χ1n) is 3.40. The molecule has 1 rings (SSSR count). The first-order valence-corrected chi connectivity index (χ1v) is 5.14. The van der Waals surface area contributed by atoms with Crippen LogP contribution in [-0.4, -0.2) is 13.0 Å². The van der Waals surface area contributed by atoms with Crippen molar-refractivity contribution in [3.63, 3.8) is 0 Å². The summed E-state index contributed by atoms with van der Waals surface area (Å²) >= 11 is 5.64. The second-order valence-corrected chi connectivity index (χ2v) is 3.71. The minimum absolute atomic E-state index is 0.476. The predicted octanol–water partition coefficient (Wildman–Crippen LogP) is 0.991. The van der Waals surface area contributed by atoms with E-state index in [-0.39, 0.29) is 0 Å². The Morgan fingerprint density at radius 1 is 1.43 bits per heavy atom. The molecular formula is C6H7ClN2O4S. The third-order valence-corrected chi connectivity index (χ3v) is 1.70. The molecule has 3 N–H and O–H groups in total. The Hall–Kier alpha value is -0.860. The Balaban J connectivity index is 2.47. The molecule has 0 aliphatic heterocycles. The summed E-state index contributed by atoms with van der Waals surface area (Å²) in [5.74, 6) is 0. The number of hydrogen-bond acceptors (Lipinski definition) is 5.